The van der Waals surface area contributed by atoms with Gasteiger partial charge >= 0.3 is 12.0 Å². The molecule has 0 saturated heterocycles. The lowest BCUT2D eigenvalue weighted by molar-refractivity contribution is -0.149. The number of carbonyl (C=O) groups is 3. The molecule has 0 aliphatic rings. The summed E-state index contributed by atoms with van der Waals surface area (Å²) in [5.74, 6) is -0.237. The second-order valence-electron chi connectivity index (χ2n) is 7.18. The van der Waals surface area contributed by atoms with Gasteiger partial charge in [0.15, 0.2) is 17.6 Å². The van der Waals surface area contributed by atoms with Gasteiger partial charge in [-0.15, -0.1) is 0 Å². The number of benzene rings is 1. The van der Waals surface area contributed by atoms with Crippen LogP contribution in [0.5, 0.6) is 11.5 Å². The van der Waals surface area contributed by atoms with E-state index in [4.69, 9.17) is 14.2 Å². The van der Waals surface area contributed by atoms with Crippen molar-refractivity contribution in [3.05, 3.63) is 29.8 Å². The van der Waals surface area contributed by atoms with Gasteiger partial charge in [0.2, 0.25) is 0 Å². The Morgan fingerprint density at radius 2 is 1.69 bits per heavy atom. The third kappa shape index (κ3) is 9.14. The first-order chi connectivity index (χ1) is 13.6. The van der Waals surface area contributed by atoms with Gasteiger partial charge < -0.3 is 19.5 Å². The minimum Gasteiger partial charge on any atom is -0.490 e. The molecule has 0 bridgehead atoms. The lowest BCUT2D eigenvalue weighted by Gasteiger charge is -2.21. The Kier molecular flexibility index (Phi) is 9.18. The van der Waals surface area contributed by atoms with Gasteiger partial charge in [-0.1, -0.05) is 6.07 Å². The topological polar surface area (TPSA) is 103 Å². The smallest absolute Gasteiger partial charge is 0.331 e. The summed E-state index contributed by atoms with van der Waals surface area (Å²) >= 11 is 0. The van der Waals surface area contributed by atoms with Crippen LogP contribution in [0.2, 0.25) is 0 Å². The van der Waals surface area contributed by atoms with Crippen LogP contribution in [-0.4, -0.2) is 42.8 Å². The molecule has 1 aromatic rings. The van der Waals surface area contributed by atoms with Crippen molar-refractivity contribution in [1.82, 2.24) is 10.6 Å². The van der Waals surface area contributed by atoms with E-state index in [0.717, 1.165) is 0 Å². The second-order valence-corrected chi connectivity index (χ2v) is 7.18. The zero-order chi connectivity index (χ0) is 22.0. The SMILES string of the molecule is CCOc1ccc(/C=C/C(=O)O[C@@H](C)C(=O)NC(=O)NC(C)(C)C)cc1OCC. The van der Waals surface area contributed by atoms with Crippen molar-refractivity contribution < 1.29 is 28.6 Å². The Morgan fingerprint density at radius 1 is 1.07 bits per heavy atom. The number of amides is 3. The summed E-state index contributed by atoms with van der Waals surface area (Å²) in [4.78, 5) is 35.7. The predicted octanol–water partition coefficient (Wildman–Crippen LogP) is 3.05. The van der Waals surface area contributed by atoms with Gasteiger partial charge in [-0.3, -0.25) is 10.1 Å². The minimum atomic E-state index is -1.13. The Morgan fingerprint density at radius 3 is 2.28 bits per heavy atom. The number of ether oxygens (including phenoxy) is 3. The van der Waals surface area contributed by atoms with Gasteiger partial charge in [-0.2, -0.15) is 0 Å². The molecule has 29 heavy (non-hydrogen) atoms. The summed E-state index contributed by atoms with van der Waals surface area (Å²) in [5, 5.41) is 4.72. The van der Waals surface area contributed by atoms with E-state index in [1.165, 1.54) is 19.1 Å². The van der Waals surface area contributed by atoms with E-state index in [-0.39, 0.29) is 0 Å². The molecule has 2 N–H and O–H groups in total. The van der Waals surface area contributed by atoms with Crippen LogP contribution in [-0.2, 0) is 14.3 Å². The summed E-state index contributed by atoms with van der Waals surface area (Å²) < 4.78 is 16.1. The highest BCUT2D eigenvalue weighted by atomic mass is 16.5. The average Bonchev–Trinajstić information content (AvgIpc) is 2.60. The quantitative estimate of drug-likeness (QED) is 0.508. The third-order valence-corrected chi connectivity index (χ3v) is 3.37. The van der Waals surface area contributed by atoms with Crippen LogP contribution in [0.15, 0.2) is 24.3 Å². The van der Waals surface area contributed by atoms with E-state index in [0.29, 0.717) is 30.3 Å². The van der Waals surface area contributed by atoms with E-state index in [1.54, 1.807) is 39.0 Å². The van der Waals surface area contributed by atoms with Crippen LogP contribution in [0.3, 0.4) is 0 Å². The van der Waals surface area contributed by atoms with Crippen molar-refractivity contribution in [1.29, 1.82) is 0 Å². The molecule has 0 saturated carbocycles. The molecular formula is C21H30N2O6. The first-order valence-corrected chi connectivity index (χ1v) is 9.47. The van der Waals surface area contributed by atoms with Gasteiger partial charge in [-0.25, -0.2) is 9.59 Å². The summed E-state index contributed by atoms with van der Waals surface area (Å²) in [6.45, 7) is 11.5. The standard InChI is InChI=1S/C21H30N2O6/c1-7-27-16-11-9-15(13-17(16)28-8-2)10-12-18(24)29-14(3)19(25)22-20(26)23-21(4,5)6/h9-14H,7-8H2,1-6H3,(H2,22,23,25,26)/b12-10+/t14-/m0/s1. The monoisotopic (exact) mass is 406 g/mol. The average molecular weight is 406 g/mol. The normalized spacial score (nSPS) is 12.2. The fourth-order valence-electron chi connectivity index (χ4n) is 2.19. The molecule has 0 aliphatic carbocycles. The van der Waals surface area contributed by atoms with E-state index in [9.17, 15) is 14.4 Å². The van der Waals surface area contributed by atoms with Crippen molar-refractivity contribution in [2.24, 2.45) is 0 Å². The summed E-state index contributed by atoms with van der Waals surface area (Å²) in [7, 11) is 0. The van der Waals surface area contributed by atoms with Crippen LogP contribution in [0.25, 0.3) is 6.08 Å². The van der Waals surface area contributed by atoms with Gasteiger partial charge in [0.1, 0.15) is 0 Å². The summed E-state index contributed by atoms with van der Waals surface area (Å²) in [5.41, 5.74) is 0.209. The van der Waals surface area contributed by atoms with E-state index < -0.39 is 29.6 Å². The van der Waals surface area contributed by atoms with Crippen molar-refractivity contribution >= 4 is 24.0 Å². The highest BCUT2D eigenvalue weighted by Crippen LogP contribution is 2.29. The maximum atomic E-state index is 12.0. The van der Waals surface area contributed by atoms with Crippen LogP contribution in [0.4, 0.5) is 4.79 Å². The molecule has 160 valence electrons. The van der Waals surface area contributed by atoms with E-state index in [2.05, 4.69) is 10.6 Å². The highest BCUT2D eigenvalue weighted by molar-refractivity contribution is 5.98. The Labute approximate surface area is 171 Å². The molecular weight excluding hydrogens is 376 g/mol. The summed E-state index contributed by atoms with van der Waals surface area (Å²) in [6.07, 6.45) is 1.61. The number of hydrogen-bond donors (Lipinski definition) is 2. The number of carbonyl (C=O) groups excluding carboxylic acids is 3. The molecule has 1 rings (SSSR count). The Balaban J connectivity index is 2.66. The van der Waals surface area contributed by atoms with Crippen molar-refractivity contribution in [3.63, 3.8) is 0 Å². The molecule has 0 heterocycles. The number of hydrogen-bond acceptors (Lipinski definition) is 6. The molecule has 0 spiro atoms. The maximum absolute atomic E-state index is 12.0. The lowest BCUT2D eigenvalue weighted by atomic mass is 10.1. The predicted molar refractivity (Wildman–Crippen MR) is 110 cm³/mol. The van der Waals surface area contributed by atoms with Crippen LogP contribution < -0.4 is 20.1 Å². The minimum absolute atomic E-state index is 0.477. The largest absolute Gasteiger partial charge is 0.490 e. The molecule has 1 atom stereocenters. The molecule has 1 aromatic carbocycles. The van der Waals surface area contributed by atoms with Crippen LogP contribution in [0, 0.1) is 0 Å². The van der Waals surface area contributed by atoms with Gasteiger partial charge in [-0.05, 0) is 65.3 Å². The lowest BCUT2D eigenvalue weighted by Crippen LogP contribution is -2.50. The Bertz CT molecular complexity index is 752. The number of imide groups is 1. The van der Waals surface area contributed by atoms with Crippen LogP contribution >= 0.6 is 0 Å². The van der Waals surface area contributed by atoms with Crippen molar-refractivity contribution in [2.45, 2.75) is 53.2 Å². The molecule has 0 radical (unpaired) electrons. The van der Waals surface area contributed by atoms with Crippen molar-refractivity contribution in [2.75, 3.05) is 13.2 Å². The highest BCUT2D eigenvalue weighted by Gasteiger charge is 2.21. The molecule has 8 nitrogen and oxygen atoms in total. The fraction of sp³-hybridized carbons (Fsp3) is 0.476. The molecule has 8 heteroatoms. The van der Waals surface area contributed by atoms with Crippen molar-refractivity contribution in [3.8, 4) is 11.5 Å². The molecule has 0 fully saturated rings. The second kappa shape index (κ2) is 11.1. The first-order valence-electron chi connectivity index (χ1n) is 9.47. The number of rotatable bonds is 8. The maximum Gasteiger partial charge on any atom is 0.331 e. The first kappa shape index (κ1) is 24.0. The van der Waals surface area contributed by atoms with Gasteiger partial charge in [0, 0.05) is 11.6 Å². The van der Waals surface area contributed by atoms with Gasteiger partial charge in [0.05, 0.1) is 13.2 Å². The zero-order valence-electron chi connectivity index (χ0n) is 17.8. The fourth-order valence-corrected chi connectivity index (χ4v) is 2.19. The summed E-state index contributed by atoms with van der Waals surface area (Å²) in [6, 6.07) is 4.61. The molecule has 3 amide bonds. The number of urea groups is 1. The number of nitrogens with one attached hydrogen (secondary N) is 2. The molecule has 0 aromatic heterocycles. The van der Waals surface area contributed by atoms with E-state index >= 15 is 0 Å². The zero-order valence-corrected chi connectivity index (χ0v) is 17.8. The van der Waals surface area contributed by atoms with Gasteiger partial charge in [0.25, 0.3) is 5.91 Å². The Hall–Kier alpha value is -3.03. The molecule has 0 unspecified atom stereocenters. The van der Waals surface area contributed by atoms with E-state index in [1.807, 2.05) is 13.8 Å². The third-order valence-electron chi connectivity index (χ3n) is 3.37. The van der Waals surface area contributed by atoms with Crippen LogP contribution in [0.1, 0.15) is 47.1 Å². The molecule has 0 aliphatic heterocycles. The number of esters is 1.